The normalized spacial score (nSPS) is 11.7. The lowest BCUT2D eigenvalue weighted by Crippen LogP contribution is -2.30. The van der Waals surface area contributed by atoms with Crippen molar-refractivity contribution < 1.29 is 19.1 Å². The second kappa shape index (κ2) is 7.04. The van der Waals surface area contributed by atoms with Crippen LogP contribution in [0.25, 0.3) is 0 Å². The molecule has 0 saturated heterocycles. The summed E-state index contributed by atoms with van der Waals surface area (Å²) in [6, 6.07) is 11.2. The van der Waals surface area contributed by atoms with Crippen molar-refractivity contribution in [3.8, 4) is 0 Å². The molecule has 1 amide bonds. The average Bonchev–Trinajstić information content (AvgIpc) is 2.47. The van der Waals surface area contributed by atoms with Gasteiger partial charge in [0.15, 0.2) is 0 Å². The van der Waals surface area contributed by atoms with E-state index in [4.69, 9.17) is 16.7 Å². The molecule has 2 rings (SSSR count). The molecule has 6 heteroatoms. The van der Waals surface area contributed by atoms with E-state index in [1.54, 1.807) is 24.3 Å². The zero-order chi connectivity index (χ0) is 16.1. The van der Waals surface area contributed by atoms with E-state index in [1.165, 1.54) is 24.3 Å². The second-order valence-corrected chi connectivity index (χ2v) is 5.09. The van der Waals surface area contributed by atoms with Crippen molar-refractivity contribution in [1.82, 2.24) is 5.32 Å². The van der Waals surface area contributed by atoms with Crippen molar-refractivity contribution in [3.05, 3.63) is 70.5 Å². The largest absolute Gasteiger partial charge is 0.481 e. The Morgan fingerprint density at radius 2 is 1.77 bits per heavy atom. The minimum atomic E-state index is -1.08. The predicted molar refractivity (Wildman–Crippen MR) is 80.3 cm³/mol. The third-order valence-corrected chi connectivity index (χ3v) is 3.33. The number of carboxylic acids is 1. The van der Waals surface area contributed by atoms with Crippen LogP contribution in [0.5, 0.6) is 0 Å². The first kappa shape index (κ1) is 16.0. The molecule has 2 N–H and O–H groups in total. The van der Waals surface area contributed by atoms with Crippen LogP contribution in [0.4, 0.5) is 4.39 Å². The molecule has 0 heterocycles. The van der Waals surface area contributed by atoms with Crippen molar-refractivity contribution >= 4 is 23.5 Å². The fraction of sp³-hybridized carbons (Fsp3) is 0.125. The van der Waals surface area contributed by atoms with Gasteiger partial charge in [0.25, 0.3) is 5.91 Å². The van der Waals surface area contributed by atoms with Gasteiger partial charge in [0, 0.05) is 5.02 Å². The number of hydrogen-bond donors (Lipinski definition) is 2. The Morgan fingerprint density at radius 1 is 1.14 bits per heavy atom. The van der Waals surface area contributed by atoms with Crippen LogP contribution in [-0.4, -0.2) is 17.0 Å². The Hall–Kier alpha value is -2.40. The Morgan fingerprint density at radius 3 is 2.36 bits per heavy atom. The Bertz CT molecular complexity index is 688. The molecule has 0 aliphatic rings. The van der Waals surface area contributed by atoms with Crippen molar-refractivity contribution in [3.63, 3.8) is 0 Å². The van der Waals surface area contributed by atoms with Gasteiger partial charge < -0.3 is 10.4 Å². The van der Waals surface area contributed by atoms with Gasteiger partial charge in [0.1, 0.15) is 5.82 Å². The fourth-order valence-corrected chi connectivity index (χ4v) is 2.13. The number of carbonyl (C=O) groups is 2. The van der Waals surface area contributed by atoms with E-state index in [2.05, 4.69) is 5.32 Å². The van der Waals surface area contributed by atoms with Gasteiger partial charge in [-0.1, -0.05) is 35.9 Å². The van der Waals surface area contributed by atoms with Crippen LogP contribution in [0.1, 0.15) is 28.4 Å². The lowest BCUT2D eigenvalue weighted by Gasteiger charge is -2.18. The molecule has 2 aromatic carbocycles. The van der Waals surface area contributed by atoms with E-state index < -0.39 is 23.7 Å². The highest BCUT2D eigenvalue weighted by Crippen LogP contribution is 2.20. The third kappa shape index (κ3) is 4.05. The van der Waals surface area contributed by atoms with Crippen molar-refractivity contribution in [2.75, 3.05) is 0 Å². The number of hydrogen-bond acceptors (Lipinski definition) is 2. The molecule has 0 radical (unpaired) electrons. The summed E-state index contributed by atoms with van der Waals surface area (Å²) in [5.74, 6) is -2.40. The number of rotatable bonds is 5. The minimum absolute atomic E-state index is 0.133. The monoisotopic (exact) mass is 321 g/mol. The highest BCUT2D eigenvalue weighted by atomic mass is 35.5. The molecule has 0 fully saturated rings. The number of aliphatic carboxylic acids is 1. The van der Waals surface area contributed by atoms with Crippen LogP contribution in [0, 0.1) is 5.82 Å². The van der Waals surface area contributed by atoms with Gasteiger partial charge in [0.05, 0.1) is 18.0 Å². The van der Waals surface area contributed by atoms with Crippen molar-refractivity contribution in [2.24, 2.45) is 0 Å². The SMILES string of the molecule is O=C(O)C[C@@H](NC(=O)c1ccccc1F)c1ccc(Cl)cc1. The molecule has 2 aromatic rings. The van der Waals surface area contributed by atoms with E-state index in [1.807, 2.05) is 0 Å². The average molecular weight is 322 g/mol. The van der Waals surface area contributed by atoms with Gasteiger partial charge >= 0.3 is 5.97 Å². The van der Waals surface area contributed by atoms with E-state index in [0.29, 0.717) is 10.6 Å². The van der Waals surface area contributed by atoms with Gasteiger partial charge in [-0.25, -0.2) is 4.39 Å². The smallest absolute Gasteiger partial charge is 0.305 e. The van der Waals surface area contributed by atoms with Crippen LogP contribution >= 0.6 is 11.6 Å². The van der Waals surface area contributed by atoms with Crippen LogP contribution in [0.15, 0.2) is 48.5 Å². The minimum Gasteiger partial charge on any atom is -0.481 e. The van der Waals surface area contributed by atoms with E-state index >= 15 is 0 Å². The molecule has 22 heavy (non-hydrogen) atoms. The number of nitrogens with one attached hydrogen (secondary N) is 1. The zero-order valence-electron chi connectivity index (χ0n) is 11.4. The van der Waals surface area contributed by atoms with Crippen LogP contribution < -0.4 is 5.32 Å². The number of carbonyl (C=O) groups excluding carboxylic acids is 1. The Labute approximate surface area is 131 Å². The summed E-state index contributed by atoms with van der Waals surface area (Å²) in [5.41, 5.74) is 0.448. The van der Waals surface area contributed by atoms with E-state index in [0.717, 1.165) is 0 Å². The molecule has 0 aliphatic carbocycles. The van der Waals surface area contributed by atoms with Gasteiger partial charge in [-0.05, 0) is 29.8 Å². The number of amides is 1. The first-order valence-electron chi connectivity index (χ1n) is 6.50. The molecule has 0 saturated carbocycles. The quantitative estimate of drug-likeness (QED) is 0.886. The van der Waals surface area contributed by atoms with Crippen LogP contribution in [0.2, 0.25) is 5.02 Å². The molecule has 1 atom stereocenters. The lowest BCUT2D eigenvalue weighted by atomic mass is 10.0. The van der Waals surface area contributed by atoms with E-state index in [-0.39, 0.29) is 12.0 Å². The maximum Gasteiger partial charge on any atom is 0.305 e. The standard InChI is InChI=1S/C16H13ClFNO3/c17-11-7-5-10(6-8-11)14(9-15(20)21)19-16(22)12-3-1-2-4-13(12)18/h1-8,14H,9H2,(H,19,22)(H,20,21)/t14-/m1/s1. The summed E-state index contributed by atoms with van der Waals surface area (Å²) in [7, 11) is 0. The van der Waals surface area contributed by atoms with Crippen molar-refractivity contribution in [1.29, 1.82) is 0 Å². The Kier molecular flexibility index (Phi) is 5.12. The first-order valence-corrected chi connectivity index (χ1v) is 6.88. The second-order valence-electron chi connectivity index (χ2n) is 4.66. The van der Waals surface area contributed by atoms with Gasteiger partial charge in [-0.3, -0.25) is 9.59 Å². The van der Waals surface area contributed by atoms with Gasteiger partial charge in [-0.15, -0.1) is 0 Å². The topological polar surface area (TPSA) is 66.4 Å². The third-order valence-electron chi connectivity index (χ3n) is 3.07. The van der Waals surface area contributed by atoms with Crippen LogP contribution in [0.3, 0.4) is 0 Å². The van der Waals surface area contributed by atoms with Gasteiger partial charge in [-0.2, -0.15) is 0 Å². The number of benzene rings is 2. The van der Waals surface area contributed by atoms with Gasteiger partial charge in [0.2, 0.25) is 0 Å². The van der Waals surface area contributed by atoms with Crippen LogP contribution in [-0.2, 0) is 4.79 Å². The summed E-state index contributed by atoms with van der Waals surface area (Å²) in [6.45, 7) is 0. The molecular weight excluding hydrogens is 309 g/mol. The summed E-state index contributed by atoms with van der Waals surface area (Å²) in [4.78, 5) is 23.1. The summed E-state index contributed by atoms with van der Waals surface area (Å²) < 4.78 is 13.6. The molecule has 0 aromatic heterocycles. The zero-order valence-corrected chi connectivity index (χ0v) is 12.2. The first-order chi connectivity index (χ1) is 10.5. The molecule has 0 bridgehead atoms. The summed E-state index contributed by atoms with van der Waals surface area (Å²) >= 11 is 5.79. The molecular formula is C16H13ClFNO3. The van der Waals surface area contributed by atoms with E-state index in [9.17, 15) is 14.0 Å². The summed E-state index contributed by atoms with van der Waals surface area (Å²) in [5, 5.41) is 12.0. The molecule has 0 aliphatic heterocycles. The molecule has 4 nitrogen and oxygen atoms in total. The fourth-order valence-electron chi connectivity index (χ4n) is 2.00. The highest BCUT2D eigenvalue weighted by molar-refractivity contribution is 6.30. The predicted octanol–water partition coefficient (Wildman–Crippen LogP) is 3.42. The lowest BCUT2D eigenvalue weighted by molar-refractivity contribution is -0.137. The molecule has 0 spiro atoms. The highest BCUT2D eigenvalue weighted by Gasteiger charge is 2.20. The Balaban J connectivity index is 2.23. The number of carboxylic acid groups (broad SMARTS) is 1. The molecule has 0 unspecified atom stereocenters. The number of halogens is 2. The molecule has 114 valence electrons. The maximum atomic E-state index is 13.6. The van der Waals surface area contributed by atoms with Crippen molar-refractivity contribution in [2.45, 2.75) is 12.5 Å². The summed E-state index contributed by atoms with van der Waals surface area (Å²) in [6.07, 6.45) is -0.318. The maximum absolute atomic E-state index is 13.6.